The highest BCUT2D eigenvalue weighted by molar-refractivity contribution is 9.09. The fourth-order valence-electron chi connectivity index (χ4n) is 3.69. The Morgan fingerprint density at radius 1 is 1.00 bits per heavy atom. The molecule has 2 aromatic carbocycles. The van der Waals surface area contributed by atoms with Gasteiger partial charge in [-0.1, -0.05) is 58.4 Å². The molecule has 108 valence electrons. The summed E-state index contributed by atoms with van der Waals surface area (Å²) in [4.78, 5) is 0.393. The molecule has 0 saturated heterocycles. The summed E-state index contributed by atoms with van der Waals surface area (Å²) in [6.07, 6.45) is 3.78. The highest BCUT2D eigenvalue weighted by Crippen LogP contribution is 2.45. The first-order valence-corrected chi connectivity index (χ1v) is 8.66. The van der Waals surface area contributed by atoms with Crippen molar-refractivity contribution < 1.29 is 4.74 Å². The topological polar surface area (TPSA) is 9.23 Å². The molecule has 2 unspecified atom stereocenters. The minimum Gasteiger partial charge on any atom is -0.372 e. The largest absolute Gasteiger partial charge is 0.372 e. The van der Waals surface area contributed by atoms with E-state index in [1.807, 2.05) is 0 Å². The van der Waals surface area contributed by atoms with Gasteiger partial charge in [0.15, 0.2) is 0 Å². The van der Waals surface area contributed by atoms with Crippen LogP contribution in [0.4, 0.5) is 0 Å². The lowest BCUT2D eigenvalue weighted by molar-refractivity contribution is 0.134. The van der Waals surface area contributed by atoms with Gasteiger partial charge in [-0.25, -0.2) is 0 Å². The molecule has 0 bridgehead atoms. The van der Waals surface area contributed by atoms with Crippen molar-refractivity contribution in [1.29, 1.82) is 0 Å². The summed E-state index contributed by atoms with van der Waals surface area (Å²) < 4.78 is 5.54. The summed E-state index contributed by atoms with van der Waals surface area (Å²) in [6, 6.07) is 15.8. The van der Waals surface area contributed by atoms with Gasteiger partial charge in [0.05, 0.1) is 13.2 Å². The molecule has 2 atom stereocenters. The summed E-state index contributed by atoms with van der Waals surface area (Å²) in [5.41, 5.74) is 7.16. The van der Waals surface area contributed by atoms with Crippen molar-refractivity contribution in [3.05, 3.63) is 70.3 Å². The molecule has 1 aliphatic carbocycles. The molecule has 21 heavy (non-hydrogen) atoms. The number of rotatable bonds is 2. The third kappa shape index (κ3) is 2.45. The maximum absolute atomic E-state index is 5.54. The number of hydrogen-bond donors (Lipinski definition) is 0. The molecular formula is C19H19BrO. The average molecular weight is 343 g/mol. The predicted octanol–water partition coefficient (Wildman–Crippen LogP) is 5.27. The lowest BCUT2D eigenvalue weighted by atomic mass is 9.79. The second-order valence-corrected chi connectivity index (χ2v) is 7.11. The lowest BCUT2D eigenvalue weighted by Crippen LogP contribution is -2.14. The lowest BCUT2D eigenvalue weighted by Gasteiger charge is -2.29. The fourth-order valence-corrected chi connectivity index (χ4v) is 4.53. The van der Waals surface area contributed by atoms with Crippen molar-refractivity contribution in [3.63, 3.8) is 0 Å². The van der Waals surface area contributed by atoms with Gasteiger partial charge in [0, 0.05) is 10.7 Å². The van der Waals surface area contributed by atoms with Crippen molar-refractivity contribution in [3.8, 4) is 0 Å². The second kappa shape index (κ2) is 5.58. The van der Waals surface area contributed by atoms with E-state index in [9.17, 15) is 0 Å². The van der Waals surface area contributed by atoms with Crippen LogP contribution in [-0.2, 0) is 24.4 Å². The zero-order chi connectivity index (χ0) is 14.2. The van der Waals surface area contributed by atoms with Gasteiger partial charge in [0.1, 0.15) is 0 Å². The summed E-state index contributed by atoms with van der Waals surface area (Å²) in [6.45, 7) is 1.54. The SMILES string of the molecule is BrC(c1ccc2c(c1)COC2)C1CCCc2ccccc21. The molecule has 1 nitrogen and oxygen atoms in total. The number of hydrogen-bond acceptors (Lipinski definition) is 1. The summed E-state index contributed by atoms with van der Waals surface area (Å²) in [5.74, 6) is 0.579. The van der Waals surface area contributed by atoms with Gasteiger partial charge in [0.2, 0.25) is 0 Å². The van der Waals surface area contributed by atoms with E-state index in [2.05, 4.69) is 58.4 Å². The van der Waals surface area contributed by atoms with Crippen LogP contribution in [0, 0.1) is 0 Å². The molecule has 0 radical (unpaired) electrons. The average Bonchev–Trinajstić information content (AvgIpc) is 3.01. The zero-order valence-corrected chi connectivity index (χ0v) is 13.6. The minimum atomic E-state index is 0.393. The normalized spacial score (nSPS) is 21.7. The summed E-state index contributed by atoms with van der Waals surface area (Å²) in [5, 5.41) is 0. The van der Waals surface area contributed by atoms with Crippen LogP contribution in [0.2, 0.25) is 0 Å². The van der Waals surface area contributed by atoms with Crippen molar-refractivity contribution in [2.45, 2.75) is 43.2 Å². The van der Waals surface area contributed by atoms with E-state index in [1.165, 1.54) is 47.1 Å². The Balaban J connectivity index is 1.68. The van der Waals surface area contributed by atoms with Gasteiger partial charge in [0.25, 0.3) is 0 Å². The molecule has 0 spiro atoms. The van der Waals surface area contributed by atoms with Crippen molar-refractivity contribution in [2.24, 2.45) is 0 Å². The molecule has 2 aliphatic rings. The third-order valence-electron chi connectivity index (χ3n) is 4.83. The van der Waals surface area contributed by atoms with E-state index < -0.39 is 0 Å². The Kier molecular flexibility index (Phi) is 3.60. The van der Waals surface area contributed by atoms with Gasteiger partial charge in [-0.3, -0.25) is 0 Å². The van der Waals surface area contributed by atoms with E-state index >= 15 is 0 Å². The van der Waals surface area contributed by atoms with Crippen LogP contribution >= 0.6 is 15.9 Å². The smallest absolute Gasteiger partial charge is 0.0725 e. The number of aryl methyl sites for hydroxylation is 1. The van der Waals surface area contributed by atoms with Crippen molar-refractivity contribution >= 4 is 15.9 Å². The van der Waals surface area contributed by atoms with Crippen molar-refractivity contribution in [2.75, 3.05) is 0 Å². The summed E-state index contributed by atoms with van der Waals surface area (Å²) >= 11 is 3.98. The van der Waals surface area contributed by atoms with Crippen LogP contribution in [0.5, 0.6) is 0 Å². The van der Waals surface area contributed by atoms with Crippen LogP contribution in [0.25, 0.3) is 0 Å². The van der Waals surface area contributed by atoms with Crippen LogP contribution in [0.15, 0.2) is 42.5 Å². The molecule has 0 N–H and O–H groups in total. The molecule has 4 rings (SSSR count). The fraction of sp³-hybridized carbons (Fsp3) is 0.368. The van der Waals surface area contributed by atoms with Gasteiger partial charge in [-0.15, -0.1) is 0 Å². The van der Waals surface area contributed by atoms with Crippen LogP contribution in [0.3, 0.4) is 0 Å². The highest BCUT2D eigenvalue weighted by Gasteiger charge is 2.27. The van der Waals surface area contributed by atoms with E-state index in [1.54, 1.807) is 0 Å². The van der Waals surface area contributed by atoms with E-state index in [0.717, 1.165) is 13.2 Å². The Morgan fingerprint density at radius 2 is 1.86 bits per heavy atom. The number of alkyl halides is 1. The molecular weight excluding hydrogens is 324 g/mol. The zero-order valence-electron chi connectivity index (χ0n) is 12.0. The molecule has 0 aromatic heterocycles. The Bertz CT molecular complexity index is 664. The van der Waals surface area contributed by atoms with Gasteiger partial charge >= 0.3 is 0 Å². The quantitative estimate of drug-likeness (QED) is 0.675. The van der Waals surface area contributed by atoms with Crippen molar-refractivity contribution in [1.82, 2.24) is 0 Å². The Labute approximate surface area is 134 Å². The molecule has 0 fully saturated rings. The molecule has 1 heterocycles. The number of fused-ring (bicyclic) bond motifs is 2. The predicted molar refractivity (Wildman–Crippen MR) is 88.7 cm³/mol. The molecule has 2 aromatic rings. The van der Waals surface area contributed by atoms with E-state index in [-0.39, 0.29) is 0 Å². The van der Waals surface area contributed by atoms with Crippen LogP contribution in [0.1, 0.15) is 51.4 Å². The summed E-state index contributed by atoms with van der Waals surface area (Å²) in [7, 11) is 0. The van der Waals surface area contributed by atoms with Gasteiger partial charge < -0.3 is 4.74 Å². The van der Waals surface area contributed by atoms with E-state index in [4.69, 9.17) is 4.74 Å². The van der Waals surface area contributed by atoms with E-state index in [0.29, 0.717) is 10.7 Å². The molecule has 0 saturated carbocycles. The maximum atomic E-state index is 5.54. The molecule has 1 aliphatic heterocycles. The monoisotopic (exact) mass is 342 g/mol. The number of benzene rings is 2. The number of halogens is 1. The molecule has 2 heteroatoms. The Hall–Kier alpha value is -1.12. The first kappa shape index (κ1) is 13.5. The number of ether oxygens (including phenoxy) is 1. The minimum absolute atomic E-state index is 0.393. The Morgan fingerprint density at radius 3 is 2.81 bits per heavy atom. The second-order valence-electron chi connectivity index (χ2n) is 6.12. The maximum Gasteiger partial charge on any atom is 0.0725 e. The van der Waals surface area contributed by atoms with Gasteiger partial charge in [-0.05, 0) is 47.1 Å². The van der Waals surface area contributed by atoms with Crippen LogP contribution in [-0.4, -0.2) is 0 Å². The molecule has 0 amide bonds. The van der Waals surface area contributed by atoms with Crippen LogP contribution < -0.4 is 0 Å². The third-order valence-corrected chi connectivity index (χ3v) is 6.00. The van der Waals surface area contributed by atoms with Gasteiger partial charge in [-0.2, -0.15) is 0 Å². The first-order valence-electron chi connectivity index (χ1n) is 7.74. The first-order chi connectivity index (χ1) is 10.3. The standard InChI is InChI=1S/C19H19BrO/c20-19(14-8-9-15-11-21-12-16(15)10-14)18-7-3-5-13-4-1-2-6-17(13)18/h1-2,4,6,8-10,18-19H,3,5,7,11-12H2. The highest BCUT2D eigenvalue weighted by atomic mass is 79.9.